The van der Waals surface area contributed by atoms with Gasteiger partial charge in [-0.1, -0.05) is 20.8 Å². The molecule has 4 heteroatoms. The van der Waals surface area contributed by atoms with Crippen LogP contribution in [0, 0.1) is 16.2 Å². The SMILES string of the molecule is CO/C=C/C1(C(C)(C)C)CC12CCN(C(=O)O)CC2. The van der Waals surface area contributed by atoms with Gasteiger partial charge >= 0.3 is 6.09 Å². The van der Waals surface area contributed by atoms with Crippen LogP contribution in [0.15, 0.2) is 12.3 Å². The zero-order valence-corrected chi connectivity index (χ0v) is 12.4. The van der Waals surface area contributed by atoms with Crippen molar-refractivity contribution in [3.8, 4) is 0 Å². The van der Waals surface area contributed by atoms with Crippen LogP contribution in [0.4, 0.5) is 4.79 Å². The van der Waals surface area contributed by atoms with Crippen LogP contribution in [0.1, 0.15) is 40.0 Å². The highest BCUT2D eigenvalue weighted by Gasteiger charge is 2.70. The lowest BCUT2D eigenvalue weighted by atomic mass is 9.69. The molecule has 1 amide bonds. The van der Waals surface area contributed by atoms with Gasteiger partial charge in [-0.3, -0.25) is 0 Å². The van der Waals surface area contributed by atoms with E-state index in [1.54, 1.807) is 13.4 Å². The van der Waals surface area contributed by atoms with Gasteiger partial charge in [0, 0.05) is 18.5 Å². The fourth-order valence-electron chi connectivity index (χ4n) is 3.97. The van der Waals surface area contributed by atoms with Gasteiger partial charge in [-0.05, 0) is 36.2 Å². The molecule has 19 heavy (non-hydrogen) atoms. The molecule has 0 radical (unpaired) electrons. The van der Waals surface area contributed by atoms with Crippen LogP contribution in [0.5, 0.6) is 0 Å². The maximum atomic E-state index is 11.0. The second-order valence-corrected chi connectivity index (χ2v) is 6.99. The minimum Gasteiger partial charge on any atom is -0.505 e. The average molecular weight is 267 g/mol. The fourth-order valence-corrected chi connectivity index (χ4v) is 3.97. The monoisotopic (exact) mass is 267 g/mol. The van der Waals surface area contributed by atoms with Gasteiger partial charge in [0.15, 0.2) is 0 Å². The highest BCUT2D eigenvalue weighted by molar-refractivity contribution is 5.65. The number of amides is 1. The molecule has 1 aliphatic carbocycles. The van der Waals surface area contributed by atoms with Gasteiger partial charge in [0.05, 0.1) is 13.4 Å². The summed E-state index contributed by atoms with van der Waals surface area (Å²) in [5.74, 6) is 0. The summed E-state index contributed by atoms with van der Waals surface area (Å²) in [7, 11) is 1.68. The molecule has 1 unspecified atom stereocenters. The third-order valence-corrected chi connectivity index (χ3v) is 5.26. The predicted octanol–water partition coefficient (Wildman–Crippen LogP) is 3.34. The summed E-state index contributed by atoms with van der Waals surface area (Å²) in [6.45, 7) is 8.13. The molecule has 1 aliphatic heterocycles. The summed E-state index contributed by atoms with van der Waals surface area (Å²) in [6.07, 6.45) is 6.29. The van der Waals surface area contributed by atoms with Gasteiger partial charge in [-0.2, -0.15) is 0 Å². The lowest BCUT2D eigenvalue weighted by Crippen LogP contribution is -2.41. The van der Waals surface area contributed by atoms with Crippen LogP contribution in [-0.2, 0) is 4.74 Å². The molecule has 108 valence electrons. The number of allylic oxidation sites excluding steroid dienone is 1. The molecule has 0 aromatic rings. The van der Waals surface area contributed by atoms with Gasteiger partial charge in [-0.15, -0.1) is 0 Å². The second-order valence-electron chi connectivity index (χ2n) is 6.99. The molecule has 1 saturated heterocycles. The van der Waals surface area contributed by atoms with E-state index in [-0.39, 0.29) is 16.2 Å². The number of nitrogens with zero attached hydrogens (tertiary/aromatic N) is 1. The average Bonchev–Trinajstić information content (AvgIpc) is 2.95. The number of carbonyl (C=O) groups is 1. The Kier molecular flexibility index (Phi) is 3.31. The first-order chi connectivity index (χ1) is 8.78. The van der Waals surface area contributed by atoms with Crippen molar-refractivity contribution in [1.29, 1.82) is 0 Å². The molecule has 1 heterocycles. The Bertz CT molecular complexity index is 389. The highest BCUT2D eigenvalue weighted by Crippen LogP contribution is 2.76. The van der Waals surface area contributed by atoms with Crippen molar-refractivity contribution in [2.45, 2.75) is 40.0 Å². The molecule has 2 rings (SSSR count). The Morgan fingerprint density at radius 3 is 2.32 bits per heavy atom. The summed E-state index contributed by atoms with van der Waals surface area (Å²) >= 11 is 0. The molecule has 2 aliphatic rings. The van der Waals surface area contributed by atoms with Crippen LogP contribution in [0.25, 0.3) is 0 Å². The number of piperidine rings is 1. The minimum absolute atomic E-state index is 0.153. The summed E-state index contributed by atoms with van der Waals surface area (Å²) in [6, 6.07) is 0. The molecular formula is C15H25NO3. The highest BCUT2D eigenvalue weighted by atomic mass is 16.5. The van der Waals surface area contributed by atoms with E-state index in [1.807, 2.05) is 0 Å². The first kappa shape index (κ1) is 14.2. The third kappa shape index (κ3) is 2.11. The number of rotatable bonds is 2. The number of hydrogen-bond acceptors (Lipinski definition) is 2. The van der Waals surface area contributed by atoms with E-state index >= 15 is 0 Å². The topological polar surface area (TPSA) is 49.8 Å². The van der Waals surface area contributed by atoms with Crippen molar-refractivity contribution in [1.82, 2.24) is 4.90 Å². The van der Waals surface area contributed by atoms with Gasteiger partial charge in [-0.25, -0.2) is 4.79 Å². The molecular weight excluding hydrogens is 242 g/mol. The van der Waals surface area contributed by atoms with Gasteiger partial charge in [0.25, 0.3) is 0 Å². The number of hydrogen-bond donors (Lipinski definition) is 1. The molecule has 1 atom stereocenters. The maximum absolute atomic E-state index is 11.0. The molecule has 0 bridgehead atoms. The van der Waals surface area contributed by atoms with E-state index < -0.39 is 6.09 Å². The van der Waals surface area contributed by atoms with Crippen LogP contribution >= 0.6 is 0 Å². The second kappa shape index (κ2) is 4.43. The molecule has 2 fully saturated rings. The van der Waals surface area contributed by atoms with Crippen molar-refractivity contribution in [3.63, 3.8) is 0 Å². The van der Waals surface area contributed by atoms with Crippen molar-refractivity contribution >= 4 is 6.09 Å². The standard InChI is InChI=1S/C15H25NO3/c1-13(2,3)15(7-10-19-4)11-14(15)5-8-16(9-6-14)12(17)18/h7,10H,5-6,8-9,11H2,1-4H3,(H,17,18)/b10-7+. The first-order valence-corrected chi connectivity index (χ1v) is 6.96. The van der Waals surface area contributed by atoms with Crippen LogP contribution in [0.3, 0.4) is 0 Å². The molecule has 1 N–H and O–H groups in total. The van der Waals surface area contributed by atoms with Gasteiger partial charge in [0.1, 0.15) is 0 Å². The summed E-state index contributed by atoms with van der Waals surface area (Å²) in [5.41, 5.74) is 0.597. The molecule has 1 saturated carbocycles. The Morgan fingerprint density at radius 2 is 1.89 bits per heavy atom. The number of ether oxygens (including phenoxy) is 1. The van der Waals surface area contributed by atoms with Crippen LogP contribution in [-0.4, -0.2) is 36.3 Å². The Labute approximate surface area is 115 Å². The first-order valence-electron chi connectivity index (χ1n) is 6.96. The zero-order valence-electron chi connectivity index (χ0n) is 12.4. The number of likely N-dealkylation sites (tertiary alicyclic amines) is 1. The minimum atomic E-state index is -0.788. The van der Waals surface area contributed by atoms with Crippen molar-refractivity contribution in [3.05, 3.63) is 12.3 Å². The van der Waals surface area contributed by atoms with E-state index in [4.69, 9.17) is 9.84 Å². The molecule has 1 spiro atoms. The Morgan fingerprint density at radius 1 is 1.32 bits per heavy atom. The fraction of sp³-hybridized carbons (Fsp3) is 0.800. The van der Waals surface area contributed by atoms with Crippen molar-refractivity contribution in [2.24, 2.45) is 16.2 Å². The van der Waals surface area contributed by atoms with E-state index in [0.717, 1.165) is 19.3 Å². The van der Waals surface area contributed by atoms with E-state index in [9.17, 15) is 4.79 Å². The van der Waals surface area contributed by atoms with Crippen molar-refractivity contribution < 1.29 is 14.6 Å². The smallest absolute Gasteiger partial charge is 0.407 e. The van der Waals surface area contributed by atoms with E-state index in [0.29, 0.717) is 13.1 Å². The van der Waals surface area contributed by atoms with Crippen LogP contribution < -0.4 is 0 Å². The van der Waals surface area contributed by atoms with Gasteiger partial charge < -0.3 is 14.7 Å². The lowest BCUT2D eigenvalue weighted by Gasteiger charge is -2.39. The van der Waals surface area contributed by atoms with E-state index in [2.05, 4.69) is 26.8 Å². The lowest BCUT2D eigenvalue weighted by molar-refractivity contribution is 0.0964. The summed E-state index contributed by atoms with van der Waals surface area (Å²) in [5, 5.41) is 9.05. The Balaban J connectivity index is 2.15. The zero-order chi connectivity index (χ0) is 14.3. The number of carboxylic acid groups (broad SMARTS) is 1. The number of methoxy groups -OCH3 is 1. The predicted molar refractivity (Wildman–Crippen MR) is 73.9 cm³/mol. The largest absolute Gasteiger partial charge is 0.505 e. The van der Waals surface area contributed by atoms with Crippen molar-refractivity contribution in [2.75, 3.05) is 20.2 Å². The molecule has 0 aromatic carbocycles. The summed E-state index contributed by atoms with van der Waals surface area (Å²) in [4.78, 5) is 12.5. The van der Waals surface area contributed by atoms with Gasteiger partial charge in [0.2, 0.25) is 0 Å². The Hall–Kier alpha value is -1.19. The quantitative estimate of drug-likeness (QED) is 0.781. The normalized spacial score (nSPS) is 29.8. The summed E-state index contributed by atoms with van der Waals surface area (Å²) < 4.78 is 5.12. The van der Waals surface area contributed by atoms with E-state index in [1.165, 1.54) is 4.90 Å². The maximum Gasteiger partial charge on any atom is 0.407 e. The third-order valence-electron chi connectivity index (χ3n) is 5.26. The molecule has 4 nitrogen and oxygen atoms in total. The van der Waals surface area contributed by atoms with Crippen LogP contribution in [0.2, 0.25) is 0 Å². The molecule has 0 aromatic heterocycles.